The molecule has 0 atom stereocenters. The summed E-state index contributed by atoms with van der Waals surface area (Å²) in [4.78, 5) is 0. The minimum absolute atomic E-state index is 0.122. The summed E-state index contributed by atoms with van der Waals surface area (Å²) in [7, 11) is -1.12. The molecular weight excluding hydrogens is 377 g/mol. The summed E-state index contributed by atoms with van der Waals surface area (Å²) in [6.07, 6.45) is 8.75. The molecule has 0 N–H and O–H groups in total. The van der Waals surface area contributed by atoms with Gasteiger partial charge in [-0.15, -0.1) is 0 Å². The summed E-state index contributed by atoms with van der Waals surface area (Å²) in [5.41, 5.74) is 2.57. The van der Waals surface area contributed by atoms with E-state index in [1.54, 1.807) is 0 Å². The third-order valence-electron chi connectivity index (χ3n) is 5.40. The van der Waals surface area contributed by atoms with Gasteiger partial charge in [-0.2, -0.15) is 0 Å². The monoisotopic (exact) mass is 413 g/mol. The Bertz CT molecular complexity index is 628. The predicted molar refractivity (Wildman–Crippen MR) is 123 cm³/mol. The first kappa shape index (κ1) is 22.4. The van der Waals surface area contributed by atoms with E-state index in [1.807, 2.05) is 0 Å². The fourth-order valence-electron chi connectivity index (χ4n) is 3.89. The summed E-state index contributed by atoms with van der Waals surface area (Å²) >= 11 is 0. The van der Waals surface area contributed by atoms with Crippen molar-refractivity contribution in [1.29, 1.82) is 0 Å². The highest BCUT2D eigenvalue weighted by Gasteiger charge is 2.33. The molecule has 0 amide bonds. The van der Waals surface area contributed by atoms with Crippen LogP contribution < -0.4 is 0 Å². The van der Waals surface area contributed by atoms with Crippen molar-refractivity contribution >= 4 is 8.53 Å². The van der Waals surface area contributed by atoms with Crippen molar-refractivity contribution in [3.8, 4) is 0 Å². The molecule has 0 aliphatic carbocycles. The summed E-state index contributed by atoms with van der Waals surface area (Å²) < 4.78 is 15.3. The summed E-state index contributed by atoms with van der Waals surface area (Å²) in [5.74, 6) is 0. The number of rotatable bonds is 5. The Morgan fingerprint density at radius 3 is 1.48 bits per heavy atom. The second-order valence-electron chi connectivity index (χ2n) is 8.08. The van der Waals surface area contributed by atoms with Crippen molar-refractivity contribution in [2.45, 2.75) is 70.9 Å². The lowest BCUT2D eigenvalue weighted by Crippen LogP contribution is -2.32. The molecule has 0 aromatic heterocycles. The van der Waals surface area contributed by atoms with Gasteiger partial charge in [0.2, 0.25) is 0 Å². The van der Waals surface area contributed by atoms with Crippen LogP contribution in [0.25, 0.3) is 0 Å². The number of hydrogen-bond acceptors (Lipinski definition) is 3. The second kappa shape index (κ2) is 12.4. The lowest BCUT2D eigenvalue weighted by atomic mass is 9.98. The van der Waals surface area contributed by atoms with Gasteiger partial charge in [-0.05, 0) is 37.8 Å². The molecule has 1 saturated heterocycles. The SMILES string of the molecule is CC(C)N(C(c1ccccc1)c1ccccc1)P1OCCCCCCCCCO1. The summed E-state index contributed by atoms with van der Waals surface area (Å²) in [5, 5.41) is 0. The zero-order valence-corrected chi connectivity index (χ0v) is 18.9. The Labute approximate surface area is 178 Å². The Hall–Kier alpha value is -1.25. The van der Waals surface area contributed by atoms with Gasteiger partial charge in [-0.25, -0.2) is 4.67 Å². The molecule has 0 unspecified atom stereocenters. The molecule has 1 fully saturated rings. The Morgan fingerprint density at radius 2 is 1.07 bits per heavy atom. The quantitative estimate of drug-likeness (QED) is 0.474. The van der Waals surface area contributed by atoms with Crippen molar-refractivity contribution in [3.63, 3.8) is 0 Å². The van der Waals surface area contributed by atoms with Gasteiger partial charge in [-0.1, -0.05) is 92.8 Å². The number of benzene rings is 2. The first-order valence-corrected chi connectivity index (χ1v) is 12.3. The van der Waals surface area contributed by atoms with Crippen LogP contribution in [-0.2, 0) is 9.05 Å². The molecule has 158 valence electrons. The number of nitrogens with zero attached hydrogens (tertiary/aromatic N) is 1. The number of hydrogen-bond donors (Lipinski definition) is 0. The predicted octanol–water partition coefficient (Wildman–Crippen LogP) is 7.49. The van der Waals surface area contributed by atoms with Crippen LogP contribution in [0, 0.1) is 0 Å². The Morgan fingerprint density at radius 1 is 0.655 bits per heavy atom. The minimum atomic E-state index is -1.12. The summed E-state index contributed by atoms with van der Waals surface area (Å²) in [6, 6.07) is 22.0. The van der Waals surface area contributed by atoms with Crippen LogP contribution >= 0.6 is 8.53 Å². The third kappa shape index (κ3) is 6.89. The van der Waals surface area contributed by atoms with E-state index in [0.717, 1.165) is 26.1 Å². The van der Waals surface area contributed by atoms with Crippen LogP contribution in [-0.4, -0.2) is 23.9 Å². The van der Waals surface area contributed by atoms with Gasteiger partial charge in [0, 0.05) is 6.04 Å². The zero-order valence-electron chi connectivity index (χ0n) is 18.0. The maximum atomic E-state index is 6.43. The topological polar surface area (TPSA) is 21.7 Å². The molecule has 0 radical (unpaired) electrons. The van der Waals surface area contributed by atoms with Gasteiger partial charge >= 0.3 is 0 Å². The van der Waals surface area contributed by atoms with Crippen LogP contribution in [0.3, 0.4) is 0 Å². The van der Waals surface area contributed by atoms with E-state index in [1.165, 1.54) is 43.2 Å². The van der Waals surface area contributed by atoms with E-state index in [9.17, 15) is 0 Å². The first-order chi connectivity index (χ1) is 14.3. The molecule has 2 aromatic rings. The van der Waals surface area contributed by atoms with Gasteiger partial charge in [0.1, 0.15) is 0 Å². The zero-order chi connectivity index (χ0) is 20.3. The standard InChI is InChI=1S/C25H36NO2P/c1-22(2)26(29-27-20-14-6-4-3-5-7-15-21-28-29)25(23-16-10-8-11-17-23)24-18-12-9-13-19-24/h8-13,16-19,22,25H,3-7,14-15,20-21H2,1-2H3. The molecule has 29 heavy (non-hydrogen) atoms. The molecule has 4 heteroatoms. The molecule has 3 nitrogen and oxygen atoms in total. The van der Waals surface area contributed by atoms with Crippen molar-refractivity contribution < 1.29 is 9.05 Å². The fourth-order valence-corrected chi connectivity index (χ4v) is 5.64. The van der Waals surface area contributed by atoms with E-state index in [2.05, 4.69) is 79.2 Å². The smallest absolute Gasteiger partial charge is 0.259 e. The highest BCUT2D eigenvalue weighted by Crippen LogP contribution is 2.51. The average Bonchev–Trinajstić information content (AvgIpc) is 2.74. The molecule has 0 spiro atoms. The van der Waals surface area contributed by atoms with Crippen LogP contribution in [0.15, 0.2) is 60.7 Å². The normalized spacial score (nSPS) is 18.0. The molecule has 0 bridgehead atoms. The highest BCUT2D eigenvalue weighted by atomic mass is 31.2. The summed E-state index contributed by atoms with van der Waals surface area (Å²) in [6.45, 7) is 6.07. The van der Waals surface area contributed by atoms with Gasteiger partial charge in [0.05, 0.1) is 19.3 Å². The molecule has 3 rings (SSSR count). The van der Waals surface area contributed by atoms with Crippen LogP contribution in [0.2, 0.25) is 0 Å². The second-order valence-corrected chi connectivity index (χ2v) is 9.53. The van der Waals surface area contributed by atoms with E-state index in [-0.39, 0.29) is 6.04 Å². The minimum Gasteiger partial charge on any atom is -0.322 e. The molecule has 1 heterocycles. The van der Waals surface area contributed by atoms with Gasteiger partial charge < -0.3 is 9.05 Å². The van der Waals surface area contributed by atoms with Crippen molar-refractivity contribution in [1.82, 2.24) is 4.67 Å². The molecule has 1 aliphatic heterocycles. The van der Waals surface area contributed by atoms with E-state index >= 15 is 0 Å². The molecular formula is C25H36NO2P. The third-order valence-corrected chi connectivity index (χ3v) is 7.28. The van der Waals surface area contributed by atoms with Crippen LogP contribution in [0.1, 0.15) is 76.0 Å². The van der Waals surface area contributed by atoms with Crippen molar-refractivity contribution in [2.24, 2.45) is 0 Å². The average molecular weight is 414 g/mol. The van der Waals surface area contributed by atoms with Gasteiger partial charge in [0.25, 0.3) is 8.53 Å². The maximum absolute atomic E-state index is 6.43. The van der Waals surface area contributed by atoms with Crippen LogP contribution in [0.4, 0.5) is 0 Å². The van der Waals surface area contributed by atoms with Crippen molar-refractivity contribution in [3.05, 3.63) is 71.8 Å². The van der Waals surface area contributed by atoms with Crippen LogP contribution in [0.5, 0.6) is 0 Å². The Balaban J connectivity index is 1.89. The van der Waals surface area contributed by atoms with E-state index < -0.39 is 8.53 Å². The highest BCUT2D eigenvalue weighted by molar-refractivity contribution is 7.44. The molecule has 0 saturated carbocycles. The lowest BCUT2D eigenvalue weighted by Gasteiger charge is -2.39. The fraction of sp³-hybridized carbons (Fsp3) is 0.520. The maximum Gasteiger partial charge on any atom is 0.259 e. The molecule has 1 aliphatic rings. The van der Waals surface area contributed by atoms with Crippen molar-refractivity contribution in [2.75, 3.05) is 13.2 Å². The van der Waals surface area contributed by atoms with E-state index in [0.29, 0.717) is 6.04 Å². The largest absolute Gasteiger partial charge is 0.322 e. The van der Waals surface area contributed by atoms with Gasteiger partial charge in [0.15, 0.2) is 0 Å². The molecule has 2 aromatic carbocycles. The lowest BCUT2D eigenvalue weighted by molar-refractivity contribution is 0.169. The first-order valence-electron chi connectivity index (χ1n) is 11.2. The van der Waals surface area contributed by atoms with Gasteiger partial charge in [-0.3, -0.25) is 0 Å². The van der Waals surface area contributed by atoms with E-state index in [4.69, 9.17) is 9.05 Å². The Kier molecular flexibility index (Phi) is 9.63.